The predicted molar refractivity (Wildman–Crippen MR) is 140 cm³/mol. The zero-order chi connectivity index (χ0) is 28.0. The summed E-state index contributed by atoms with van der Waals surface area (Å²) in [7, 11) is 0. The summed E-state index contributed by atoms with van der Waals surface area (Å²) in [5.41, 5.74) is -0.841. The molecule has 0 aromatic heterocycles. The molecule has 1 aromatic carbocycles. The Morgan fingerprint density at radius 2 is 1.30 bits per heavy atom. The molecule has 0 spiro atoms. The number of ether oxygens (including phenoxy) is 3. The zero-order valence-electron chi connectivity index (χ0n) is 23.6. The highest BCUT2D eigenvalue weighted by atomic mass is 16.7. The number of nitrogens with one attached hydrogen (secondary N) is 2. The van der Waals surface area contributed by atoms with E-state index in [0.717, 1.165) is 5.56 Å². The topological polar surface area (TPSA) is 128 Å². The first-order valence-electron chi connectivity index (χ1n) is 12.8. The number of benzene rings is 1. The smallest absolute Gasteiger partial charge is 0.411 e. The van der Waals surface area contributed by atoms with Gasteiger partial charge in [-0.05, 0) is 73.9 Å². The maximum absolute atomic E-state index is 12.7. The normalized spacial score (nSPS) is 23.8. The van der Waals surface area contributed by atoms with Gasteiger partial charge in [-0.3, -0.25) is 5.32 Å². The summed E-state index contributed by atoms with van der Waals surface area (Å²) in [6.07, 6.45) is 0.489. The maximum Gasteiger partial charge on any atom is 0.411 e. The fraction of sp³-hybridized carbons (Fsp3) is 0.704. The van der Waals surface area contributed by atoms with Crippen LogP contribution < -0.4 is 10.1 Å². The van der Waals surface area contributed by atoms with Crippen molar-refractivity contribution in [2.75, 3.05) is 5.32 Å². The molecule has 3 rings (SSSR count). The van der Waals surface area contributed by atoms with Crippen molar-refractivity contribution in [2.45, 2.75) is 122 Å². The van der Waals surface area contributed by atoms with E-state index >= 15 is 0 Å². The van der Waals surface area contributed by atoms with Crippen LogP contribution in [-0.4, -0.2) is 67.1 Å². The lowest BCUT2D eigenvalue weighted by Gasteiger charge is -2.50. The minimum Gasteiger partial charge on any atom is -0.447 e. The van der Waals surface area contributed by atoms with Gasteiger partial charge in [0.1, 0.15) is 18.0 Å². The summed E-state index contributed by atoms with van der Waals surface area (Å²) in [4.78, 5) is 12.7. The lowest BCUT2D eigenvalue weighted by molar-refractivity contribution is -0.256. The van der Waals surface area contributed by atoms with Gasteiger partial charge < -0.3 is 24.6 Å². The Bertz CT molecular complexity index is 986. The van der Waals surface area contributed by atoms with Gasteiger partial charge in [-0.25, -0.2) is 10.2 Å². The largest absolute Gasteiger partial charge is 0.447 e. The van der Waals surface area contributed by atoms with Crippen molar-refractivity contribution >= 4 is 17.9 Å². The molecule has 1 aromatic rings. The minimum absolute atomic E-state index is 0.295. The van der Waals surface area contributed by atoms with Gasteiger partial charge in [-0.2, -0.15) is 10.1 Å². The first-order chi connectivity index (χ1) is 16.8. The van der Waals surface area contributed by atoms with Crippen LogP contribution in [0.1, 0.15) is 86.6 Å². The first-order valence-corrected chi connectivity index (χ1v) is 12.8. The number of anilines is 1. The molecule has 0 unspecified atom stereocenters. The van der Waals surface area contributed by atoms with E-state index in [2.05, 4.69) is 5.32 Å². The monoisotopic (exact) mass is 520 g/mol. The number of hydrogen-bond donors (Lipinski definition) is 4. The van der Waals surface area contributed by atoms with Crippen molar-refractivity contribution in [3.63, 3.8) is 0 Å². The van der Waals surface area contributed by atoms with E-state index in [0.29, 0.717) is 37.1 Å². The molecular formula is C27H44N4O6. The van der Waals surface area contributed by atoms with Crippen molar-refractivity contribution in [2.24, 2.45) is 0 Å². The molecule has 2 saturated heterocycles. The number of carbonyl (C=O) groups excluding carboxylic acids is 1. The summed E-state index contributed by atoms with van der Waals surface area (Å²) >= 11 is 0. The number of aryl methyl sites for hydroxylation is 1. The number of amides is 1. The van der Waals surface area contributed by atoms with E-state index in [-0.39, 0.29) is 18.3 Å². The molecule has 0 aliphatic carbocycles. The van der Waals surface area contributed by atoms with Gasteiger partial charge in [-0.15, -0.1) is 0 Å². The average Bonchev–Trinajstić information content (AvgIpc) is 2.71. The third-order valence-corrected chi connectivity index (χ3v) is 7.39. The third-order valence-electron chi connectivity index (χ3n) is 7.39. The van der Waals surface area contributed by atoms with E-state index in [1.165, 1.54) is 10.1 Å². The summed E-state index contributed by atoms with van der Waals surface area (Å²) < 4.78 is 17.2. The highest BCUT2D eigenvalue weighted by Crippen LogP contribution is 2.39. The molecule has 2 heterocycles. The molecule has 10 heteroatoms. The Morgan fingerprint density at radius 3 is 1.76 bits per heavy atom. The number of hydrogen-bond acceptors (Lipinski definition) is 9. The van der Waals surface area contributed by atoms with Crippen LogP contribution in [0.25, 0.3) is 0 Å². The van der Waals surface area contributed by atoms with Crippen LogP contribution in [0.4, 0.5) is 10.5 Å². The Hall–Kier alpha value is -2.40. The molecule has 0 saturated carbocycles. The van der Waals surface area contributed by atoms with E-state index in [4.69, 9.17) is 19.6 Å². The van der Waals surface area contributed by atoms with Crippen LogP contribution in [0.5, 0.6) is 5.75 Å². The van der Waals surface area contributed by atoms with E-state index in [1.807, 2.05) is 62.3 Å². The van der Waals surface area contributed by atoms with Gasteiger partial charge in [-0.1, -0.05) is 6.07 Å². The molecule has 1 amide bonds. The van der Waals surface area contributed by atoms with Gasteiger partial charge in [0.25, 0.3) is 0 Å². The van der Waals surface area contributed by atoms with Crippen LogP contribution in [-0.2, 0) is 9.47 Å². The molecule has 2 aliphatic rings. The quantitative estimate of drug-likeness (QED) is 0.294. The highest BCUT2D eigenvalue weighted by molar-refractivity contribution is 5.85. The Balaban J connectivity index is 1.61. The molecule has 0 radical (unpaired) electrons. The van der Waals surface area contributed by atoms with Crippen LogP contribution in [0, 0.1) is 12.3 Å². The van der Waals surface area contributed by atoms with Crippen molar-refractivity contribution in [1.82, 2.24) is 10.1 Å². The number of piperidine rings is 2. The second-order valence-corrected chi connectivity index (χ2v) is 13.0. The summed E-state index contributed by atoms with van der Waals surface area (Å²) in [6.45, 7) is 17.2. The predicted octanol–water partition coefficient (Wildman–Crippen LogP) is 5.70. The van der Waals surface area contributed by atoms with Crippen LogP contribution in [0.2, 0.25) is 0 Å². The van der Waals surface area contributed by atoms with Crippen LogP contribution in [0.3, 0.4) is 0 Å². The maximum atomic E-state index is 12.7. The highest BCUT2D eigenvalue weighted by Gasteiger charge is 2.47. The number of rotatable bonds is 4. The lowest BCUT2D eigenvalue weighted by atomic mass is 9.80. The number of hydroxylamine groups is 4. The second-order valence-electron chi connectivity index (χ2n) is 13.0. The van der Waals surface area contributed by atoms with Crippen molar-refractivity contribution < 1.29 is 29.4 Å². The lowest BCUT2D eigenvalue weighted by Crippen LogP contribution is -2.60. The molecule has 0 atom stereocenters. The van der Waals surface area contributed by atoms with E-state index < -0.39 is 28.2 Å². The van der Waals surface area contributed by atoms with E-state index in [1.54, 1.807) is 18.2 Å². The zero-order valence-corrected chi connectivity index (χ0v) is 23.6. The average molecular weight is 521 g/mol. The van der Waals surface area contributed by atoms with Gasteiger partial charge in [0.05, 0.1) is 0 Å². The Kier molecular flexibility index (Phi) is 7.92. The fourth-order valence-electron chi connectivity index (χ4n) is 5.89. The van der Waals surface area contributed by atoms with Crippen molar-refractivity contribution in [3.8, 4) is 5.75 Å². The molecule has 0 bridgehead atoms. The molecule has 10 nitrogen and oxygen atoms in total. The Morgan fingerprint density at radius 1 is 0.865 bits per heavy atom. The number of carbonyl (C=O) groups is 1. The summed E-state index contributed by atoms with van der Waals surface area (Å²) in [5.74, 6) is 0.386. The molecule has 4 N–H and O–H groups in total. The molecule has 208 valence electrons. The van der Waals surface area contributed by atoms with Gasteiger partial charge in [0.15, 0.2) is 0 Å². The van der Waals surface area contributed by atoms with Gasteiger partial charge in [0, 0.05) is 59.6 Å². The first kappa shape index (κ1) is 29.2. The summed E-state index contributed by atoms with van der Waals surface area (Å²) in [5, 5.41) is 34.7. The molecular weight excluding hydrogens is 476 g/mol. The standard InChI is InChI=1S/C27H44N4O6/c1-17-10-11-18(29-23(32)36-20-15-26(6,7)31(34)27(8,9)16-20)12-21(17)37-22(28)35-19-13-24(2,3)30(33)25(4,5)14-19/h10-12,19-20,28,33-34H,13-16H2,1-9H3,(H,29,32). The van der Waals surface area contributed by atoms with Crippen molar-refractivity contribution in [1.29, 1.82) is 5.41 Å². The Labute approximate surface area is 220 Å². The molecule has 2 fully saturated rings. The molecule has 37 heavy (non-hydrogen) atoms. The van der Waals surface area contributed by atoms with Crippen LogP contribution in [0.15, 0.2) is 18.2 Å². The van der Waals surface area contributed by atoms with Gasteiger partial charge >= 0.3 is 12.2 Å². The van der Waals surface area contributed by atoms with Crippen molar-refractivity contribution in [3.05, 3.63) is 23.8 Å². The minimum atomic E-state index is -0.593. The fourth-order valence-corrected chi connectivity index (χ4v) is 5.89. The second kappa shape index (κ2) is 10.1. The third kappa shape index (κ3) is 6.73. The van der Waals surface area contributed by atoms with E-state index in [9.17, 15) is 15.2 Å². The van der Waals surface area contributed by atoms with Gasteiger partial charge in [0.2, 0.25) is 0 Å². The SMILES string of the molecule is Cc1ccc(NC(=O)OC2CC(C)(C)N(O)C(C)(C)C2)cc1OC(=N)OC1CC(C)(C)N(O)C(C)(C)C1. The summed E-state index contributed by atoms with van der Waals surface area (Å²) in [6, 6.07) is 5.15. The number of nitrogens with zero attached hydrogens (tertiary/aromatic N) is 2. The van der Waals surface area contributed by atoms with Crippen LogP contribution >= 0.6 is 0 Å². The molecule has 2 aliphatic heterocycles.